The van der Waals surface area contributed by atoms with Crippen LogP contribution in [0.3, 0.4) is 0 Å². The van der Waals surface area contributed by atoms with Crippen LogP contribution in [0.15, 0.2) is 18.2 Å². The van der Waals surface area contributed by atoms with E-state index < -0.39 is 0 Å². The van der Waals surface area contributed by atoms with Crippen molar-refractivity contribution in [3.8, 4) is 6.07 Å². The highest BCUT2D eigenvalue weighted by atomic mass is 14.9. The Morgan fingerprint density at radius 2 is 2.06 bits per heavy atom. The maximum Gasteiger partial charge on any atom is 0.0621 e. The fourth-order valence-corrected chi connectivity index (χ4v) is 2.50. The molecule has 0 aliphatic heterocycles. The molecule has 0 aromatic heterocycles. The molecule has 0 spiro atoms. The van der Waals surface area contributed by atoms with E-state index in [1.165, 1.54) is 42.5 Å². The predicted octanol–water partition coefficient (Wildman–Crippen LogP) is 3.67. The molecule has 2 heteroatoms. The topological polar surface area (TPSA) is 35.8 Å². The molecular weight excluding hydrogens is 208 g/mol. The van der Waals surface area contributed by atoms with Crippen molar-refractivity contribution in [2.24, 2.45) is 0 Å². The van der Waals surface area contributed by atoms with Crippen molar-refractivity contribution >= 4 is 5.69 Å². The molecule has 0 bridgehead atoms. The normalized spacial score (nSPS) is 13.8. The van der Waals surface area contributed by atoms with E-state index in [1.54, 1.807) is 0 Å². The van der Waals surface area contributed by atoms with Gasteiger partial charge in [0.05, 0.1) is 6.07 Å². The Kier molecular flexibility index (Phi) is 4.44. The number of unbranched alkanes of at least 4 members (excludes halogenated alkanes) is 2. The van der Waals surface area contributed by atoms with Crippen LogP contribution in [0, 0.1) is 11.3 Å². The molecule has 0 saturated carbocycles. The minimum atomic E-state index is 0.675. The van der Waals surface area contributed by atoms with Gasteiger partial charge in [0.2, 0.25) is 0 Å². The molecule has 1 N–H and O–H groups in total. The van der Waals surface area contributed by atoms with E-state index in [2.05, 4.69) is 29.6 Å². The van der Waals surface area contributed by atoms with Gasteiger partial charge in [0.1, 0.15) is 0 Å². The number of nitrogens with zero attached hydrogens (tertiary/aromatic N) is 1. The summed E-state index contributed by atoms with van der Waals surface area (Å²) in [6, 6.07) is 8.79. The van der Waals surface area contributed by atoms with Gasteiger partial charge < -0.3 is 5.32 Å². The van der Waals surface area contributed by atoms with Gasteiger partial charge in [0, 0.05) is 18.7 Å². The third-order valence-electron chi connectivity index (χ3n) is 3.43. The average Bonchev–Trinajstić information content (AvgIpc) is 2.39. The Morgan fingerprint density at radius 1 is 1.18 bits per heavy atom. The second-order valence-corrected chi connectivity index (χ2v) is 4.69. The first-order valence-electron chi connectivity index (χ1n) is 6.63. The number of anilines is 1. The van der Waals surface area contributed by atoms with E-state index in [0.29, 0.717) is 6.42 Å². The molecule has 17 heavy (non-hydrogen) atoms. The highest BCUT2D eigenvalue weighted by molar-refractivity contribution is 5.55. The lowest BCUT2D eigenvalue weighted by molar-refractivity contribution is 0.685. The largest absolute Gasteiger partial charge is 0.385 e. The van der Waals surface area contributed by atoms with Gasteiger partial charge in [-0.2, -0.15) is 5.26 Å². The molecule has 0 saturated heterocycles. The second kappa shape index (κ2) is 6.30. The summed E-state index contributed by atoms with van der Waals surface area (Å²) in [6.07, 6.45) is 7.86. The highest BCUT2D eigenvalue weighted by Gasteiger charge is 2.11. The van der Waals surface area contributed by atoms with E-state index >= 15 is 0 Å². The summed E-state index contributed by atoms with van der Waals surface area (Å²) in [6.45, 7) is 0.984. The van der Waals surface area contributed by atoms with Gasteiger partial charge in [-0.15, -0.1) is 0 Å². The van der Waals surface area contributed by atoms with E-state index in [-0.39, 0.29) is 0 Å². The van der Waals surface area contributed by atoms with Crippen LogP contribution >= 0.6 is 0 Å². The van der Waals surface area contributed by atoms with E-state index in [1.807, 2.05) is 0 Å². The van der Waals surface area contributed by atoms with Gasteiger partial charge in [-0.05, 0) is 55.7 Å². The number of nitriles is 1. The molecule has 2 rings (SSSR count). The summed E-state index contributed by atoms with van der Waals surface area (Å²) in [4.78, 5) is 0. The molecule has 1 aliphatic rings. The second-order valence-electron chi connectivity index (χ2n) is 4.69. The van der Waals surface area contributed by atoms with Crippen LogP contribution in [-0.2, 0) is 12.8 Å². The lowest BCUT2D eigenvalue weighted by Crippen LogP contribution is -2.09. The number of rotatable bonds is 5. The SMILES string of the molecule is N#CCCCCNc1cccc2c1CCCC2. The summed E-state index contributed by atoms with van der Waals surface area (Å²) >= 11 is 0. The smallest absolute Gasteiger partial charge is 0.0621 e. The Morgan fingerprint density at radius 3 is 2.94 bits per heavy atom. The average molecular weight is 228 g/mol. The number of hydrogen-bond donors (Lipinski definition) is 1. The first-order valence-corrected chi connectivity index (χ1v) is 6.63. The third-order valence-corrected chi connectivity index (χ3v) is 3.43. The summed E-state index contributed by atoms with van der Waals surface area (Å²) in [7, 11) is 0. The molecule has 0 fully saturated rings. The Labute approximate surface area is 104 Å². The molecule has 0 atom stereocenters. The van der Waals surface area contributed by atoms with Crippen LogP contribution in [0.2, 0.25) is 0 Å². The fourth-order valence-electron chi connectivity index (χ4n) is 2.50. The molecule has 1 aliphatic carbocycles. The molecule has 0 amide bonds. The molecule has 1 aromatic carbocycles. The third kappa shape index (κ3) is 3.23. The van der Waals surface area contributed by atoms with Crippen LogP contribution in [0.4, 0.5) is 5.69 Å². The van der Waals surface area contributed by atoms with Crippen molar-refractivity contribution in [2.45, 2.75) is 44.9 Å². The molecule has 2 nitrogen and oxygen atoms in total. The van der Waals surface area contributed by atoms with Crippen LogP contribution in [-0.4, -0.2) is 6.54 Å². The number of fused-ring (bicyclic) bond motifs is 1. The van der Waals surface area contributed by atoms with Gasteiger partial charge in [-0.25, -0.2) is 0 Å². The van der Waals surface area contributed by atoms with Gasteiger partial charge in [0.25, 0.3) is 0 Å². The van der Waals surface area contributed by atoms with Crippen LogP contribution in [0.1, 0.15) is 43.2 Å². The molecule has 1 aromatic rings. The van der Waals surface area contributed by atoms with Crippen molar-refractivity contribution in [3.05, 3.63) is 29.3 Å². The highest BCUT2D eigenvalue weighted by Crippen LogP contribution is 2.27. The quantitative estimate of drug-likeness (QED) is 0.780. The molecule has 0 heterocycles. The zero-order valence-electron chi connectivity index (χ0n) is 10.3. The van der Waals surface area contributed by atoms with Crippen molar-refractivity contribution in [1.82, 2.24) is 0 Å². The molecule has 0 radical (unpaired) electrons. The van der Waals surface area contributed by atoms with Crippen LogP contribution in [0.5, 0.6) is 0 Å². The number of benzene rings is 1. The van der Waals surface area contributed by atoms with E-state index in [4.69, 9.17) is 5.26 Å². The maximum atomic E-state index is 8.47. The summed E-state index contributed by atoms with van der Waals surface area (Å²) in [5.41, 5.74) is 4.37. The molecular formula is C15H20N2. The van der Waals surface area contributed by atoms with Gasteiger partial charge in [-0.3, -0.25) is 0 Å². The van der Waals surface area contributed by atoms with E-state index in [9.17, 15) is 0 Å². The van der Waals surface area contributed by atoms with Crippen LogP contribution < -0.4 is 5.32 Å². The monoisotopic (exact) mass is 228 g/mol. The lowest BCUT2D eigenvalue weighted by atomic mass is 9.90. The fraction of sp³-hybridized carbons (Fsp3) is 0.533. The first kappa shape index (κ1) is 12.0. The van der Waals surface area contributed by atoms with Crippen LogP contribution in [0.25, 0.3) is 0 Å². The number of hydrogen-bond acceptors (Lipinski definition) is 2. The Hall–Kier alpha value is -1.49. The molecule has 90 valence electrons. The Bertz CT molecular complexity index is 404. The summed E-state index contributed by atoms with van der Waals surface area (Å²) < 4.78 is 0. The number of nitrogens with one attached hydrogen (secondary N) is 1. The molecule has 0 unspecified atom stereocenters. The minimum absolute atomic E-state index is 0.675. The van der Waals surface area contributed by atoms with Gasteiger partial charge in [0.15, 0.2) is 0 Å². The van der Waals surface area contributed by atoms with Crippen molar-refractivity contribution in [3.63, 3.8) is 0 Å². The summed E-state index contributed by atoms with van der Waals surface area (Å²) in [5, 5.41) is 12.0. The standard InChI is InChI=1S/C15H20N2/c16-11-4-1-5-12-17-15-10-6-8-13-7-2-3-9-14(13)15/h6,8,10,17H,1-5,7,9,12H2. The zero-order chi connectivity index (χ0) is 11.9. The number of aryl methyl sites for hydroxylation is 1. The minimum Gasteiger partial charge on any atom is -0.385 e. The predicted molar refractivity (Wildman–Crippen MR) is 71.0 cm³/mol. The maximum absolute atomic E-state index is 8.47. The summed E-state index contributed by atoms with van der Waals surface area (Å²) in [5.74, 6) is 0. The van der Waals surface area contributed by atoms with Crippen molar-refractivity contribution in [1.29, 1.82) is 5.26 Å². The van der Waals surface area contributed by atoms with Crippen molar-refractivity contribution in [2.75, 3.05) is 11.9 Å². The zero-order valence-corrected chi connectivity index (χ0v) is 10.3. The lowest BCUT2D eigenvalue weighted by Gasteiger charge is -2.20. The van der Waals surface area contributed by atoms with E-state index in [0.717, 1.165) is 19.4 Å². The Balaban J connectivity index is 1.90. The van der Waals surface area contributed by atoms with Gasteiger partial charge >= 0.3 is 0 Å². The van der Waals surface area contributed by atoms with Crippen molar-refractivity contribution < 1.29 is 0 Å². The van der Waals surface area contributed by atoms with Gasteiger partial charge in [-0.1, -0.05) is 12.1 Å². The first-order chi connectivity index (χ1) is 8.42.